The summed E-state index contributed by atoms with van der Waals surface area (Å²) in [6, 6.07) is 71.5. The van der Waals surface area contributed by atoms with Gasteiger partial charge in [0.25, 0.3) is 0 Å². The lowest BCUT2D eigenvalue weighted by Crippen LogP contribution is -2.05. The van der Waals surface area contributed by atoms with Gasteiger partial charge in [-0.05, 0) is 95.2 Å². The second-order valence-corrected chi connectivity index (χ2v) is 16.2. The predicted molar refractivity (Wildman–Crippen MR) is 238 cm³/mol. The van der Waals surface area contributed by atoms with Gasteiger partial charge in [0.1, 0.15) is 11.2 Å². The van der Waals surface area contributed by atoms with Gasteiger partial charge in [0.05, 0.1) is 0 Å². The van der Waals surface area contributed by atoms with E-state index < -0.39 is 0 Å². The third-order valence-corrected chi connectivity index (χ3v) is 13.5. The first kappa shape index (κ1) is 31.7. The van der Waals surface area contributed by atoms with Gasteiger partial charge in [-0.1, -0.05) is 170 Å². The Hall–Kier alpha value is -6.61. The molecule has 0 fully saturated rings. The molecule has 10 aromatic carbocycles. The molecule has 1 nitrogen and oxygen atoms in total. The van der Waals surface area contributed by atoms with Crippen LogP contribution in [0.3, 0.4) is 0 Å². The third kappa shape index (κ3) is 4.76. The van der Waals surface area contributed by atoms with E-state index in [2.05, 4.69) is 194 Å². The summed E-state index contributed by atoms with van der Waals surface area (Å²) >= 11 is 2.01. The molecule has 0 aliphatic carbocycles. The van der Waals surface area contributed by atoms with Crippen molar-refractivity contribution in [3.63, 3.8) is 0 Å². The predicted octanol–water partition coefficient (Wildman–Crippen LogP) is 15.5. The highest BCUT2D eigenvalue weighted by Crippen LogP contribution is 2.62. The van der Waals surface area contributed by atoms with Crippen molar-refractivity contribution in [3.05, 3.63) is 211 Å². The third-order valence-electron chi connectivity index (χ3n) is 12.0. The maximum absolute atomic E-state index is 7.05. The lowest BCUT2D eigenvalue weighted by atomic mass is 9.81. The van der Waals surface area contributed by atoms with Crippen LogP contribution in [0.15, 0.2) is 203 Å². The van der Waals surface area contributed by atoms with Crippen LogP contribution >= 0.6 is 11.8 Å². The van der Waals surface area contributed by atoms with E-state index in [9.17, 15) is 0 Å². The minimum absolute atomic E-state index is 0.142. The molecule has 2 heterocycles. The summed E-state index contributed by atoms with van der Waals surface area (Å²) in [5, 5.41) is 12.5. The Morgan fingerprint density at radius 2 is 0.929 bits per heavy atom. The molecule has 12 rings (SSSR count). The SMILES string of the molecule is c1ccc(C2c3cc4c(oc5ccccc54)c(-c4c5ccccc5c(-c5ccc6ccccc6c5)c5ccccc45)c3SC2c2ccc3ccccc3c2)cc1. The molecule has 0 bridgehead atoms. The number of thioether (sulfide) groups is 1. The summed E-state index contributed by atoms with van der Waals surface area (Å²) in [5.74, 6) is 0.142. The summed E-state index contributed by atoms with van der Waals surface area (Å²) in [5.41, 5.74) is 10.8. The quantitative estimate of drug-likeness (QED) is 0.167. The second-order valence-electron chi connectivity index (χ2n) is 15.1. The average Bonchev–Trinajstić information content (AvgIpc) is 3.83. The van der Waals surface area contributed by atoms with Crippen molar-refractivity contribution in [2.24, 2.45) is 0 Å². The molecule has 11 aromatic rings. The van der Waals surface area contributed by atoms with E-state index in [-0.39, 0.29) is 11.2 Å². The van der Waals surface area contributed by atoms with E-state index in [4.69, 9.17) is 4.42 Å². The molecule has 1 aromatic heterocycles. The molecule has 2 atom stereocenters. The van der Waals surface area contributed by atoms with E-state index in [0.29, 0.717) is 0 Å². The first-order valence-corrected chi connectivity index (χ1v) is 20.3. The van der Waals surface area contributed by atoms with Gasteiger partial charge in [-0.2, -0.15) is 0 Å². The fraction of sp³-hybridized carbons (Fsp3) is 0.0370. The molecule has 0 N–H and O–H groups in total. The summed E-state index contributed by atoms with van der Waals surface area (Å²) in [6.45, 7) is 0. The molecule has 2 unspecified atom stereocenters. The van der Waals surface area contributed by atoms with E-state index in [0.717, 1.165) is 16.6 Å². The van der Waals surface area contributed by atoms with Crippen molar-refractivity contribution in [1.29, 1.82) is 0 Å². The average molecular weight is 731 g/mol. The molecule has 2 heteroatoms. The Balaban J connectivity index is 1.21. The maximum Gasteiger partial charge on any atom is 0.144 e. The fourth-order valence-corrected chi connectivity index (χ4v) is 11.1. The Labute approximate surface area is 328 Å². The summed E-state index contributed by atoms with van der Waals surface area (Å²) in [4.78, 5) is 1.30. The number of rotatable bonds is 4. The van der Waals surface area contributed by atoms with Gasteiger partial charge in [-0.25, -0.2) is 0 Å². The lowest BCUT2D eigenvalue weighted by molar-refractivity contribution is 0.668. The van der Waals surface area contributed by atoms with E-state index >= 15 is 0 Å². The highest BCUT2D eigenvalue weighted by molar-refractivity contribution is 8.00. The molecule has 0 saturated heterocycles. The number of benzene rings is 10. The Morgan fingerprint density at radius 3 is 1.62 bits per heavy atom. The number of para-hydroxylation sites is 1. The normalized spacial score (nSPS) is 15.4. The van der Waals surface area contributed by atoms with Crippen LogP contribution in [-0.2, 0) is 0 Å². The molecule has 0 saturated carbocycles. The van der Waals surface area contributed by atoms with Crippen molar-refractivity contribution in [1.82, 2.24) is 0 Å². The van der Waals surface area contributed by atoms with Crippen LogP contribution in [0.5, 0.6) is 0 Å². The standard InChI is InChI=1S/C54H34OS/c1-2-16-35(17-3-1)49-46-32-45-40-20-12-13-25-47(40)55-52(45)51(54(46)56-53(49)39-29-27-34-15-5-7-19-37(34)31-39)50-43-23-10-8-21-41(43)48(42-22-9-11-24-44(42)50)38-28-26-33-14-4-6-18-36(33)30-38/h1-32,49,53H. The molecule has 262 valence electrons. The number of fused-ring (bicyclic) bond motifs is 8. The topological polar surface area (TPSA) is 13.1 Å². The van der Waals surface area contributed by atoms with Crippen molar-refractivity contribution in [3.8, 4) is 22.3 Å². The van der Waals surface area contributed by atoms with Crippen LogP contribution in [0, 0.1) is 0 Å². The maximum atomic E-state index is 7.05. The first-order chi connectivity index (χ1) is 27.8. The molecular weight excluding hydrogens is 697 g/mol. The Bertz CT molecular complexity index is 3300. The van der Waals surface area contributed by atoms with Gasteiger partial charge >= 0.3 is 0 Å². The molecular formula is C54H34OS. The highest BCUT2D eigenvalue weighted by atomic mass is 32.2. The van der Waals surface area contributed by atoms with Gasteiger partial charge < -0.3 is 4.42 Å². The second kappa shape index (κ2) is 12.5. The van der Waals surface area contributed by atoms with Gasteiger partial charge in [0.2, 0.25) is 0 Å². The number of hydrogen-bond donors (Lipinski definition) is 0. The van der Waals surface area contributed by atoms with Crippen LogP contribution in [-0.4, -0.2) is 0 Å². The van der Waals surface area contributed by atoms with Crippen molar-refractivity contribution in [2.45, 2.75) is 16.1 Å². The smallest absolute Gasteiger partial charge is 0.144 e. The molecule has 1 aliphatic rings. The van der Waals surface area contributed by atoms with Gasteiger partial charge in [-0.3, -0.25) is 0 Å². The minimum atomic E-state index is 0.142. The van der Waals surface area contributed by atoms with E-state index in [1.54, 1.807) is 0 Å². The molecule has 0 amide bonds. The number of hydrogen-bond acceptors (Lipinski definition) is 2. The summed E-state index contributed by atoms with van der Waals surface area (Å²) in [6.07, 6.45) is 0. The zero-order valence-electron chi connectivity index (χ0n) is 30.4. The van der Waals surface area contributed by atoms with Crippen LogP contribution in [0.2, 0.25) is 0 Å². The minimum Gasteiger partial charge on any atom is -0.455 e. The van der Waals surface area contributed by atoms with Gasteiger partial charge in [0.15, 0.2) is 0 Å². The lowest BCUT2D eigenvalue weighted by Gasteiger charge is -2.21. The zero-order chi connectivity index (χ0) is 36.7. The van der Waals surface area contributed by atoms with Crippen molar-refractivity contribution in [2.75, 3.05) is 0 Å². The van der Waals surface area contributed by atoms with Crippen molar-refractivity contribution >= 4 is 76.8 Å². The fourth-order valence-electron chi connectivity index (χ4n) is 9.52. The van der Waals surface area contributed by atoms with Gasteiger partial charge in [0, 0.05) is 38.0 Å². The molecule has 0 radical (unpaired) electrons. The number of furan rings is 1. The van der Waals surface area contributed by atoms with E-state index in [1.165, 1.54) is 92.3 Å². The Kier molecular flexibility index (Phi) is 7.06. The van der Waals surface area contributed by atoms with E-state index in [1.807, 2.05) is 11.8 Å². The highest BCUT2D eigenvalue weighted by Gasteiger charge is 2.39. The summed E-state index contributed by atoms with van der Waals surface area (Å²) < 4.78 is 7.05. The molecule has 56 heavy (non-hydrogen) atoms. The van der Waals surface area contributed by atoms with Gasteiger partial charge in [-0.15, -0.1) is 11.8 Å². The Morgan fingerprint density at radius 1 is 0.375 bits per heavy atom. The summed E-state index contributed by atoms with van der Waals surface area (Å²) in [7, 11) is 0. The molecule has 1 aliphatic heterocycles. The van der Waals surface area contributed by atoms with Crippen LogP contribution in [0.25, 0.3) is 87.3 Å². The van der Waals surface area contributed by atoms with Crippen LogP contribution in [0.4, 0.5) is 0 Å². The molecule has 0 spiro atoms. The zero-order valence-corrected chi connectivity index (χ0v) is 31.3. The van der Waals surface area contributed by atoms with Crippen LogP contribution < -0.4 is 0 Å². The monoisotopic (exact) mass is 730 g/mol. The van der Waals surface area contributed by atoms with Crippen molar-refractivity contribution < 1.29 is 4.42 Å². The largest absolute Gasteiger partial charge is 0.455 e. The van der Waals surface area contributed by atoms with Crippen LogP contribution in [0.1, 0.15) is 27.9 Å². The first-order valence-electron chi connectivity index (χ1n) is 19.4.